The molecule has 0 radical (unpaired) electrons. The number of Topliss-reactive ketones (excluding diaryl/α,β-unsaturated/α-hetero) is 1. The molecule has 2 aromatic carbocycles. The summed E-state index contributed by atoms with van der Waals surface area (Å²) >= 11 is 1.69. The van der Waals surface area contributed by atoms with Crippen molar-refractivity contribution >= 4 is 29.1 Å². The van der Waals surface area contributed by atoms with Gasteiger partial charge in [0.05, 0.1) is 5.69 Å². The lowest BCUT2D eigenvalue weighted by atomic mass is 9.77. The zero-order chi connectivity index (χ0) is 19.0. The highest BCUT2D eigenvalue weighted by Gasteiger charge is 2.39. The number of amides is 1. The molecule has 2 aliphatic rings. The van der Waals surface area contributed by atoms with E-state index in [4.69, 9.17) is 0 Å². The van der Waals surface area contributed by atoms with Crippen LogP contribution in [0.3, 0.4) is 0 Å². The minimum Gasteiger partial charge on any atom is -0.294 e. The summed E-state index contributed by atoms with van der Waals surface area (Å²) in [5.41, 5.74) is 4.78. The van der Waals surface area contributed by atoms with E-state index in [2.05, 4.69) is 24.3 Å². The van der Waals surface area contributed by atoms with Gasteiger partial charge in [-0.3, -0.25) is 14.5 Å². The molecule has 1 heterocycles. The maximum Gasteiger partial charge on any atom is 0.232 e. The Hall–Kier alpha value is -2.33. The molecule has 138 valence electrons. The molecule has 1 aliphatic carbocycles. The molecule has 0 fully saturated rings. The Morgan fingerprint density at radius 2 is 1.74 bits per heavy atom. The van der Waals surface area contributed by atoms with Gasteiger partial charge in [-0.2, -0.15) is 0 Å². The summed E-state index contributed by atoms with van der Waals surface area (Å²) in [4.78, 5) is 29.1. The van der Waals surface area contributed by atoms with Gasteiger partial charge in [-0.1, -0.05) is 30.3 Å². The largest absolute Gasteiger partial charge is 0.294 e. The predicted octanol–water partition coefficient (Wildman–Crippen LogP) is 5.24. The number of benzene rings is 2. The maximum atomic E-state index is 13.2. The summed E-state index contributed by atoms with van der Waals surface area (Å²) in [5.74, 6) is 0.148. The molecule has 3 nitrogen and oxygen atoms in total. The number of rotatable bonds is 3. The minimum absolute atomic E-state index is 0.0803. The van der Waals surface area contributed by atoms with Gasteiger partial charge in [-0.05, 0) is 55.3 Å². The molecule has 4 rings (SSSR count). The molecule has 27 heavy (non-hydrogen) atoms. The summed E-state index contributed by atoms with van der Waals surface area (Å²) < 4.78 is 0. The van der Waals surface area contributed by atoms with Crippen molar-refractivity contribution in [2.75, 3.05) is 11.2 Å². The van der Waals surface area contributed by atoms with Crippen molar-refractivity contribution in [2.45, 2.75) is 43.4 Å². The van der Waals surface area contributed by atoms with Crippen LogP contribution in [0.4, 0.5) is 5.69 Å². The number of ketones is 1. The molecule has 0 N–H and O–H groups in total. The van der Waals surface area contributed by atoms with Gasteiger partial charge < -0.3 is 0 Å². The van der Waals surface area contributed by atoms with E-state index in [1.807, 2.05) is 42.3 Å². The number of aryl methyl sites for hydroxylation is 1. The lowest BCUT2D eigenvalue weighted by Crippen LogP contribution is -2.40. The average molecular weight is 378 g/mol. The van der Waals surface area contributed by atoms with Gasteiger partial charge in [-0.25, -0.2) is 0 Å². The van der Waals surface area contributed by atoms with E-state index in [9.17, 15) is 9.59 Å². The molecule has 0 aromatic heterocycles. The van der Waals surface area contributed by atoms with Gasteiger partial charge in [0.25, 0.3) is 0 Å². The highest BCUT2D eigenvalue weighted by molar-refractivity contribution is 7.98. The van der Waals surface area contributed by atoms with Gasteiger partial charge in [0.2, 0.25) is 5.91 Å². The number of hydrogen-bond donors (Lipinski definition) is 0. The first kappa shape index (κ1) is 18.1. The van der Waals surface area contributed by atoms with Crippen LogP contribution in [0.5, 0.6) is 0 Å². The Morgan fingerprint density at radius 3 is 2.44 bits per heavy atom. The summed E-state index contributed by atoms with van der Waals surface area (Å²) in [7, 11) is 0. The number of para-hydroxylation sites is 1. The van der Waals surface area contributed by atoms with Crippen LogP contribution in [0.25, 0.3) is 0 Å². The predicted molar refractivity (Wildman–Crippen MR) is 110 cm³/mol. The normalized spacial score (nSPS) is 20.1. The van der Waals surface area contributed by atoms with Crippen molar-refractivity contribution in [3.8, 4) is 0 Å². The van der Waals surface area contributed by atoms with E-state index in [0.29, 0.717) is 12.8 Å². The number of thioether (sulfide) groups is 1. The van der Waals surface area contributed by atoms with E-state index in [-0.39, 0.29) is 17.6 Å². The molecule has 2 aromatic rings. The molecule has 0 bridgehead atoms. The smallest absolute Gasteiger partial charge is 0.232 e. The van der Waals surface area contributed by atoms with Crippen molar-refractivity contribution in [1.82, 2.24) is 0 Å². The highest BCUT2D eigenvalue weighted by atomic mass is 32.2. The third kappa shape index (κ3) is 3.23. The van der Waals surface area contributed by atoms with Crippen molar-refractivity contribution in [2.24, 2.45) is 0 Å². The highest BCUT2D eigenvalue weighted by Crippen LogP contribution is 2.44. The molecule has 0 spiro atoms. The molecule has 1 unspecified atom stereocenters. The summed E-state index contributed by atoms with van der Waals surface area (Å²) in [6.45, 7) is 2.01. The number of carbonyl (C=O) groups is 2. The Labute approximate surface area is 164 Å². The van der Waals surface area contributed by atoms with E-state index in [1.54, 1.807) is 11.8 Å². The maximum absolute atomic E-state index is 13.2. The Morgan fingerprint density at radius 1 is 1.00 bits per heavy atom. The van der Waals surface area contributed by atoms with Crippen LogP contribution >= 0.6 is 11.8 Å². The fourth-order valence-corrected chi connectivity index (χ4v) is 4.62. The van der Waals surface area contributed by atoms with Crippen LogP contribution in [0, 0.1) is 6.92 Å². The third-order valence-electron chi connectivity index (χ3n) is 5.55. The van der Waals surface area contributed by atoms with E-state index in [0.717, 1.165) is 40.9 Å². The van der Waals surface area contributed by atoms with Crippen LogP contribution in [-0.2, 0) is 9.59 Å². The first-order chi connectivity index (χ1) is 13.1. The number of anilines is 1. The summed E-state index contributed by atoms with van der Waals surface area (Å²) in [6, 6.07) is 16.2. The van der Waals surface area contributed by atoms with Crippen LogP contribution in [0.15, 0.2) is 64.7 Å². The fraction of sp³-hybridized carbons (Fsp3) is 0.304. The standard InChI is InChI=1S/C23H23NO2S/c1-15-6-3-4-7-19(15)24-20-8-5-9-21(25)23(20)18(14-22(24)26)16-10-12-17(27-2)13-11-16/h3-4,6-7,10-13,18H,5,8-9,14H2,1-2H3. The lowest BCUT2D eigenvalue weighted by molar-refractivity contribution is -0.119. The van der Waals surface area contributed by atoms with Gasteiger partial charge >= 0.3 is 0 Å². The molecular formula is C23H23NO2S. The molecule has 1 amide bonds. The topological polar surface area (TPSA) is 37.4 Å². The molecule has 1 aliphatic heterocycles. The first-order valence-electron chi connectivity index (χ1n) is 9.39. The quantitative estimate of drug-likeness (QED) is 0.686. The Balaban J connectivity index is 1.84. The SMILES string of the molecule is CSc1ccc(C2CC(=O)N(c3ccccc3C)C3=C2C(=O)CCC3)cc1. The van der Waals surface area contributed by atoms with Crippen molar-refractivity contribution in [1.29, 1.82) is 0 Å². The summed E-state index contributed by atoms with van der Waals surface area (Å²) in [5, 5.41) is 0. The number of hydrogen-bond acceptors (Lipinski definition) is 3. The van der Waals surface area contributed by atoms with Crippen LogP contribution in [0.2, 0.25) is 0 Å². The van der Waals surface area contributed by atoms with Gasteiger partial charge in [-0.15, -0.1) is 11.8 Å². The lowest BCUT2D eigenvalue weighted by Gasteiger charge is -2.39. The van der Waals surface area contributed by atoms with Gasteiger partial charge in [0.1, 0.15) is 0 Å². The fourth-order valence-electron chi connectivity index (χ4n) is 4.21. The monoisotopic (exact) mass is 377 g/mol. The van der Waals surface area contributed by atoms with Crippen LogP contribution in [0.1, 0.15) is 42.7 Å². The summed E-state index contributed by atoms with van der Waals surface area (Å²) in [6.07, 6.45) is 4.56. The third-order valence-corrected chi connectivity index (χ3v) is 6.29. The average Bonchev–Trinajstić information content (AvgIpc) is 2.68. The zero-order valence-corrected chi connectivity index (χ0v) is 16.5. The Bertz CT molecular complexity index is 930. The minimum atomic E-state index is -0.128. The zero-order valence-electron chi connectivity index (χ0n) is 15.7. The second-order valence-electron chi connectivity index (χ2n) is 7.18. The van der Waals surface area contributed by atoms with Crippen LogP contribution in [-0.4, -0.2) is 17.9 Å². The van der Waals surface area contributed by atoms with E-state index >= 15 is 0 Å². The second kappa shape index (κ2) is 7.35. The van der Waals surface area contributed by atoms with Gasteiger partial charge in [0.15, 0.2) is 5.78 Å². The Kier molecular flexibility index (Phi) is 4.92. The molecule has 1 atom stereocenters. The van der Waals surface area contributed by atoms with E-state index in [1.165, 1.54) is 4.90 Å². The molecule has 0 saturated heterocycles. The van der Waals surface area contributed by atoms with E-state index < -0.39 is 0 Å². The first-order valence-corrected chi connectivity index (χ1v) is 10.6. The number of nitrogens with zero attached hydrogens (tertiary/aromatic N) is 1. The van der Waals surface area contributed by atoms with Crippen molar-refractivity contribution in [3.05, 3.63) is 70.9 Å². The van der Waals surface area contributed by atoms with Crippen LogP contribution < -0.4 is 4.90 Å². The number of carbonyl (C=O) groups excluding carboxylic acids is 2. The van der Waals surface area contributed by atoms with Crippen molar-refractivity contribution < 1.29 is 9.59 Å². The van der Waals surface area contributed by atoms with Gasteiger partial charge in [0, 0.05) is 34.9 Å². The molecule has 0 saturated carbocycles. The number of allylic oxidation sites excluding steroid dienone is 2. The second-order valence-corrected chi connectivity index (χ2v) is 8.06. The molecule has 4 heteroatoms. The molecular weight excluding hydrogens is 354 g/mol. The van der Waals surface area contributed by atoms with Crippen molar-refractivity contribution in [3.63, 3.8) is 0 Å².